The first-order valence-corrected chi connectivity index (χ1v) is 6.85. The van der Waals surface area contributed by atoms with Gasteiger partial charge in [0.15, 0.2) is 0 Å². The Hall–Kier alpha value is 0.310. The van der Waals surface area contributed by atoms with Crippen molar-refractivity contribution >= 4 is 11.2 Å². The molecule has 0 N–H and O–H groups in total. The fraction of sp³-hybridized carbons (Fsp3) is 1.00. The predicted molar refractivity (Wildman–Crippen MR) is 66.1 cm³/mol. The van der Waals surface area contributed by atoms with Crippen molar-refractivity contribution in [2.45, 2.75) is 76.7 Å². The smallest absolute Gasteiger partial charge is 0.120 e. The second kappa shape index (κ2) is 5.41. The summed E-state index contributed by atoms with van der Waals surface area (Å²) in [5, 5.41) is 0. The summed E-state index contributed by atoms with van der Waals surface area (Å²) >= 11 is -0.740. The van der Waals surface area contributed by atoms with Crippen molar-refractivity contribution in [2.75, 3.05) is 0 Å². The summed E-state index contributed by atoms with van der Waals surface area (Å²) < 4.78 is 12.3. The second-order valence-corrected chi connectivity index (χ2v) is 8.04. The van der Waals surface area contributed by atoms with E-state index in [0.29, 0.717) is 0 Å². The van der Waals surface area contributed by atoms with Crippen molar-refractivity contribution in [1.29, 1.82) is 0 Å². The van der Waals surface area contributed by atoms with Crippen LogP contribution in [0, 0.1) is 0 Å². The van der Waals surface area contributed by atoms with Gasteiger partial charge in [-0.15, -0.1) is 0 Å². The molecule has 0 aliphatic rings. The van der Waals surface area contributed by atoms with Crippen LogP contribution < -0.4 is 0 Å². The maximum absolute atomic E-state index is 12.4. The molecule has 0 saturated carbocycles. The molecule has 0 rings (SSSR count). The Balaban J connectivity index is 4.49. The summed E-state index contributed by atoms with van der Waals surface area (Å²) in [6, 6.07) is 0. The van der Waals surface area contributed by atoms with Gasteiger partial charge in [0, 0.05) is 0 Å². The normalized spacial score (nSPS) is 13.7. The van der Waals surface area contributed by atoms with Crippen LogP contribution in [-0.4, -0.2) is 14.0 Å². The molecule has 0 aromatic carbocycles. The Morgan fingerprint density at radius 3 is 1.36 bits per heavy atom. The molecule has 0 saturated heterocycles. The van der Waals surface area contributed by atoms with Gasteiger partial charge in [-0.05, 0) is 51.7 Å². The van der Waals surface area contributed by atoms with Crippen LogP contribution in [0.1, 0.15) is 67.2 Å². The zero-order valence-corrected chi connectivity index (χ0v) is 11.5. The molecule has 0 heterocycles. The first kappa shape index (κ1) is 14.3. The lowest BCUT2D eigenvalue weighted by atomic mass is 10.1. The Morgan fingerprint density at radius 1 is 0.857 bits per heavy atom. The van der Waals surface area contributed by atoms with E-state index in [4.69, 9.17) is 0 Å². The van der Waals surface area contributed by atoms with Crippen molar-refractivity contribution < 1.29 is 4.55 Å². The molecule has 0 spiro atoms. The second-order valence-electron chi connectivity index (χ2n) is 5.29. The van der Waals surface area contributed by atoms with E-state index in [-0.39, 0.29) is 9.49 Å². The van der Waals surface area contributed by atoms with Gasteiger partial charge in [0.25, 0.3) is 0 Å². The molecule has 14 heavy (non-hydrogen) atoms. The molecule has 0 amide bonds. The highest BCUT2D eigenvalue weighted by molar-refractivity contribution is 7.94. The van der Waals surface area contributed by atoms with Crippen LogP contribution in [0.25, 0.3) is 0 Å². The van der Waals surface area contributed by atoms with Crippen LogP contribution in [0.3, 0.4) is 0 Å². The van der Waals surface area contributed by atoms with Gasteiger partial charge in [0.1, 0.15) is 9.49 Å². The molecule has 0 bridgehead atoms. The van der Waals surface area contributed by atoms with Gasteiger partial charge in [0.2, 0.25) is 0 Å². The van der Waals surface area contributed by atoms with Crippen LogP contribution >= 0.6 is 0 Å². The van der Waals surface area contributed by atoms with E-state index in [1.807, 2.05) is 0 Å². The van der Waals surface area contributed by atoms with Crippen LogP contribution in [0.5, 0.6) is 0 Å². The van der Waals surface area contributed by atoms with Crippen molar-refractivity contribution in [2.24, 2.45) is 0 Å². The third-order valence-corrected chi connectivity index (χ3v) is 5.12. The minimum absolute atomic E-state index is 0.0343. The maximum atomic E-state index is 12.4. The van der Waals surface area contributed by atoms with E-state index in [9.17, 15) is 4.55 Å². The van der Waals surface area contributed by atoms with E-state index >= 15 is 0 Å². The minimum Gasteiger partial charge on any atom is -0.616 e. The molecule has 0 aromatic rings. The Labute approximate surface area is 92.8 Å². The quantitative estimate of drug-likeness (QED) is 0.620. The average molecular weight is 218 g/mol. The van der Waals surface area contributed by atoms with Crippen LogP contribution in [0.4, 0.5) is 0 Å². The van der Waals surface area contributed by atoms with E-state index < -0.39 is 11.2 Å². The molecule has 0 radical (unpaired) electrons. The first-order chi connectivity index (χ1) is 6.28. The lowest BCUT2D eigenvalue weighted by Gasteiger charge is -2.38. The van der Waals surface area contributed by atoms with Crippen molar-refractivity contribution in [3.05, 3.63) is 0 Å². The van der Waals surface area contributed by atoms with Gasteiger partial charge >= 0.3 is 0 Å². The highest BCUT2D eigenvalue weighted by Crippen LogP contribution is 2.35. The van der Waals surface area contributed by atoms with Crippen molar-refractivity contribution in [3.63, 3.8) is 0 Å². The molecule has 2 heteroatoms. The van der Waals surface area contributed by atoms with Gasteiger partial charge in [-0.25, -0.2) is 0 Å². The van der Waals surface area contributed by atoms with Crippen LogP contribution in [-0.2, 0) is 11.2 Å². The Bertz CT molecular complexity index is 146. The molecular formula is C12H26OS. The van der Waals surface area contributed by atoms with E-state index in [0.717, 1.165) is 25.7 Å². The fourth-order valence-corrected chi connectivity index (χ4v) is 4.41. The summed E-state index contributed by atoms with van der Waals surface area (Å²) in [5.74, 6) is 0. The molecule has 86 valence electrons. The Morgan fingerprint density at radius 2 is 1.14 bits per heavy atom. The van der Waals surface area contributed by atoms with Gasteiger partial charge in [-0.2, -0.15) is 0 Å². The van der Waals surface area contributed by atoms with Gasteiger partial charge < -0.3 is 4.55 Å². The Kier molecular flexibility index (Phi) is 5.53. The van der Waals surface area contributed by atoms with Gasteiger partial charge in [-0.3, -0.25) is 0 Å². The van der Waals surface area contributed by atoms with Gasteiger partial charge in [-0.1, -0.05) is 26.7 Å². The molecule has 0 atom stereocenters. The number of hydrogen-bond acceptors (Lipinski definition) is 1. The van der Waals surface area contributed by atoms with Crippen molar-refractivity contribution in [1.82, 2.24) is 0 Å². The molecule has 0 aliphatic carbocycles. The van der Waals surface area contributed by atoms with Crippen LogP contribution in [0.15, 0.2) is 0 Å². The summed E-state index contributed by atoms with van der Waals surface area (Å²) in [7, 11) is 0. The molecule has 0 unspecified atom stereocenters. The van der Waals surface area contributed by atoms with Crippen molar-refractivity contribution in [3.8, 4) is 0 Å². The third-order valence-electron chi connectivity index (χ3n) is 2.71. The SMILES string of the molecule is CCCC(C)(C)[S+]([O-])C(C)(C)CCC. The zero-order chi connectivity index (χ0) is 11.4. The molecule has 0 fully saturated rings. The first-order valence-electron chi connectivity index (χ1n) is 5.70. The standard InChI is InChI=1S/C12H26OS/c1-7-9-11(3,4)14(13)12(5,6)10-8-2/h7-10H2,1-6H3. The van der Waals surface area contributed by atoms with Gasteiger partial charge in [0.05, 0.1) is 0 Å². The summed E-state index contributed by atoms with van der Waals surface area (Å²) in [5.41, 5.74) is 0. The lowest BCUT2D eigenvalue weighted by molar-refractivity contribution is 0.472. The zero-order valence-electron chi connectivity index (χ0n) is 10.6. The average Bonchev–Trinajstić information content (AvgIpc) is 2.02. The van der Waals surface area contributed by atoms with E-state index in [1.165, 1.54) is 0 Å². The minimum atomic E-state index is -0.740. The fourth-order valence-electron chi connectivity index (χ4n) is 2.14. The summed E-state index contributed by atoms with van der Waals surface area (Å²) in [6.45, 7) is 12.8. The third kappa shape index (κ3) is 3.82. The lowest BCUT2D eigenvalue weighted by Crippen LogP contribution is -2.45. The maximum Gasteiger partial charge on any atom is 0.120 e. The number of hydrogen-bond donors (Lipinski definition) is 0. The summed E-state index contributed by atoms with van der Waals surface area (Å²) in [6.07, 6.45) is 4.32. The molecule has 0 aromatic heterocycles. The molecule has 1 nitrogen and oxygen atoms in total. The van der Waals surface area contributed by atoms with E-state index in [2.05, 4.69) is 41.5 Å². The molecular weight excluding hydrogens is 192 g/mol. The topological polar surface area (TPSA) is 23.1 Å². The summed E-state index contributed by atoms with van der Waals surface area (Å²) in [4.78, 5) is 0. The largest absolute Gasteiger partial charge is 0.616 e. The predicted octanol–water partition coefficient (Wildman–Crippen LogP) is 3.89. The molecule has 0 aliphatic heterocycles. The van der Waals surface area contributed by atoms with E-state index in [1.54, 1.807) is 0 Å². The monoisotopic (exact) mass is 218 g/mol. The highest BCUT2D eigenvalue weighted by atomic mass is 32.2. The van der Waals surface area contributed by atoms with Crippen LogP contribution in [0.2, 0.25) is 0 Å². The number of rotatable bonds is 6. The highest BCUT2D eigenvalue weighted by Gasteiger charge is 2.42.